The van der Waals surface area contributed by atoms with Gasteiger partial charge in [0.05, 0.1) is 7.11 Å². The maximum atomic E-state index is 11.0. The molecule has 2 rings (SSSR count). The quantitative estimate of drug-likeness (QED) is 0.816. The number of carbonyl (C=O) groups excluding carboxylic acids is 1. The fourth-order valence-corrected chi connectivity index (χ4v) is 2.66. The number of amides is 1. The first-order chi connectivity index (χ1) is 9.58. The first-order valence-electron chi connectivity index (χ1n) is 7.00. The number of benzene rings is 1. The Balaban J connectivity index is 1.91. The van der Waals surface area contributed by atoms with Gasteiger partial charge in [-0.15, -0.1) is 0 Å². The number of hydrogen-bond acceptors (Lipinski definition) is 3. The molecule has 0 aromatic heterocycles. The zero-order valence-electron chi connectivity index (χ0n) is 12.2. The summed E-state index contributed by atoms with van der Waals surface area (Å²) in [6, 6.07) is 6.10. The molecule has 1 saturated heterocycles. The van der Waals surface area contributed by atoms with E-state index >= 15 is 0 Å². The van der Waals surface area contributed by atoms with Crippen LogP contribution in [0.15, 0.2) is 18.2 Å². The van der Waals surface area contributed by atoms with E-state index in [1.807, 2.05) is 18.2 Å². The van der Waals surface area contributed by atoms with E-state index in [1.165, 1.54) is 0 Å². The van der Waals surface area contributed by atoms with Crippen molar-refractivity contribution in [3.8, 4) is 5.75 Å². The summed E-state index contributed by atoms with van der Waals surface area (Å²) in [7, 11) is 7.43. The molecule has 1 aromatic rings. The van der Waals surface area contributed by atoms with E-state index in [4.69, 9.17) is 12.6 Å². The van der Waals surface area contributed by atoms with Gasteiger partial charge in [0, 0.05) is 38.2 Å². The summed E-state index contributed by atoms with van der Waals surface area (Å²) >= 11 is 0. The first kappa shape index (κ1) is 14.9. The van der Waals surface area contributed by atoms with Gasteiger partial charge in [0.25, 0.3) is 0 Å². The van der Waals surface area contributed by atoms with Crippen LogP contribution in [0.4, 0.5) is 0 Å². The molecular formula is C15H21BN2O2. The van der Waals surface area contributed by atoms with E-state index < -0.39 is 0 Å². The highest BCUT2D eigenvalue weighted by molar-refractivity contribution is 6.32. The van der Waals surface area contributed by atoms with E-state index in [1.54, 1.807) is 14.0 Å². The number of nitrogens with one attached hydrogen (secondary N) is 1. The fraction of sp³-hybridized carbons (Fsp3) is 0.533. The molecule has 1 heterocycles. The predicted octanol–water partition coefficient (Wildman–Crippen LogP) is 0.589. The second kappa shape index (κ2) is 6.79. The van der Waals surface area contributed by atoms with Crippen LogP contribution in [0.3, 0.4) is 0 Å². The number of rotatable bonds is 4. The van der Waals surface area contributed by atoms with Crippen molar-refractivity contribution in [3.63, 3.8) is 0 Å². The number of nitrogens with zero attached hydrogens (tertiary/aromatic N) is 1. The average Bonchev–Trinajstić information content (AvgIpc) is 2.42. The monoisotopic (exact) mass is 272 g/mol. The lowest BCUT2D eigenvalue weighted by Crippen LogP contribution is -2.43. The smallest absolute Gasteiger partial charge is 0.217 e. The van der Waals surface area contributed by atoms with Crippen molar-refractivity contribution in [2.75, 3.05) is 20.2 Å². The van der Waals surface area contributed by atoms with Gasteiger partial charge in [-0.25, -0.2) is 0 Å². The van der Waals surface area contributed by atoms with E-state index in [2.05, 4.69) is 10.2 Å². The molecule has 1 amide bonds. The van der Waals surface area contributed by atoms with Gasteiger partial charge in [0.2, 0.25) is 5.91 Å². The molecule has 106 valence electrons. The Kier molecular flexibility index (Phi) is 5.07. The molecule has 1 N–H and O–H groups in total. The third kappa shape index (κ3) is 4.00. The summed E-state index contributed by atoms with van der Waals surface area (Å²) in [5, 5.41) is 2.99. The lowest BCUT2D eigenvalue weighted by molar-refractivity contribution is -0.119. The Morgan fingerprint density at radius 1 is 1.45 bits per heavy atom. The summed E-state index contributed by atoms with van der Waals surface area (Å²) < 4.78 is 5.38. The van der Waals surface area contributed by atoms with E-state index in [0.717, 1.165) is 49.3 Å². The normalized spacial score (nSPS) is 16.9. The van der Waals surface area contributed by atoms with Crippen LogP contribution in [0.25, 0.3) is 0 Å². The second-order valence-electron chi connectivity index (χ2n) is 5.32. The van der Waals surface area contributed by atoms with Gasteiger partial charge >= 0.3 is 0 Å². The fourth-order valence-electron chi connectivity index (χ4n) is 2.66. The van der Waals surface area contributed by atoms with Crippen molar-refractivity contribution in [2.45, 2.75) is 32.4 Å². The van der Waals surface area contributed by atoms with Crippen molar-refractivity contribution in [1.82, 2.24) is 10.2 Å². The van der Waals surface area contributed by atoms with Crippen molar-refractivity contribution in [2.24, 2.45) is 0 Å². The van der Waals surface area contributed by atoms with Crippen LogP contribution in [0.2, 0.25) is 0 Å². The molecule has 4 nitrogen and oxygen atoms in total. The van der Waals surface area contributed by atoms with Crippen LogP contribution in [-0.4, -0.2) is 44.9 Å². The minimum absolute atomic E-state index is 0.0589. The maximum Gasteiger partial charge on any atom is 0.217 e. The van der Waals surface area contributed by atoms with Crippen LogP contribution in [0, 0.1) is 0 Å². The van der Waals surface area contributed by atoms with Crippen LogP contribution >= 0.6 is 0 Å². The summed E-state index contributed by atoms with van der Waals surface area (Å²) in [6.45, 7) is 4.40. The largest absolute Gasteiger partial charge is 0.496 e. The summed E-state index contributed by atoms with van der Waals surface area (Å²) in [6.07, 6.45) is 1.99. The highest BCUT2D eigenvalue weighted by Gasteiger charge is 2.20. The molecule has 20 heavy (non-hydrogen) atoms. The molecule has 0 aliphatic carbocycles. The van der Waals surface area contributed by atoms with Gasteiger partial charge in [0.15, 0.2) is 0 Å². The Hall–Kier alpha value is -1.49. The number of carbonyl (C=O) groups is 1. The molecule has 0 atom stereocenters. The van der Waals surface area contributed by atoms with Crippen LogP contribution < -0.4 is 15.5 Å². The van der Waals surface area contributed by atoms with E-state index in [-0.39, 0.29) is 5.91 Å². The van der Waals surface area contributed by atoms with Gasteiger partial charge in [-0.1, -0.05) is 17.6 Å². The predicted molar refractivity (Wildman–Crippen MR) is 80.5 cm³/mol. The molecule has 1 fully saturated rings. The lowest BCUT2D eigenvalue weighted by Gasteiger charge is -2.32. The molecule has 1 aliphatic rings. The van der Waals surface area contributed by atoms with Crippen LogP contribution in [-0.2, 0) is 11.3 Å². The SMILES string of the molecule is [B]c1ccc(CN2CCC(NC(C)=O)CC2)c(OC)c1. The average molecular weight is 272 g/mol. The maximum absolute atomic E-state index is 11.0. The molecule has 1 aromatic carbocycles. The van der Waals surface area contributed by atoms with Gasteiger partial charge in [-0.3, -0.25) is 9.69 Å². The molecular weight excluding hydrogens is 251 g/mol. The summed E-state index contributed by atoms with van der Waals surface area (Å²) in [5.41, 5.74) is 1.87. The van der Waals surface area contributed by atoms with E-state index in [9.17, 15) is 4.79 Å². The highest BCUT2D eigenvalue weighted by Crippen LogP contribution is 2.20. The molecule has 2 radical (unpaired) electrons. The standard InChI is InChI=1S/C15H21BN2O2/c1-11(19)17-14-5-7-18(8-6-14)10-12-3-4-13(16)9-15(12)20-2/h3-4,9,14H,5-8,10H2,1-2H3,(H,17,19). The number of methoxy groups -OCH3 is 1. The summed E-state index contributed by atoms with van der Waals surface area (Å²) in [5.74, 6) is 0.901. The Morgan fingerprint density at radius 2 is 2.15 bits per heavy atom. The highest BCUT2D eigenvalue weighted by atomic mass is 16.5. The summed E-state index contributed by atoms with van der Waals surface area (Å²) in [4.78, 5) is 13.4. The Labute approximate surface area is 121 Å². The van der Waals surface area contributed by atoms with Crippen molar-refractivity contribution >= 4 is 19.2 Å². The topological polar surface area (TPSA) is 41.6 Å². The minimum Gasteiger partial charge on any atom is -0.496 e. The van der Waals surface area contributed by atoms with Gasteiger partial charge < -0.3 is 10.1 Å². The zero-order chi connectivity index (χ0) is 14.5. The second-order valence-corrected chi connectivity index (χ2v) is 5.32. The molecule has 1 aliphatic heterocycles. The molecule has 0 bridgehead atoms. The number of likely N-dealkylation sites (tertiary alicyclic amines) is 1. The number of hydrogen-bond donors (Lipinski definition) is 1. The van der Waals surface area contributed by atoms with Gasteiger partial charge in [0.1, 0.15) is 13.6 Å². The van der Waals surface area contributed by atoms with E-state index in [0.29, 0.717) is 6.04 Å². The first-order valence-corrected chi connectivity index (χ1v) is 7.00. The Bertz CT molecular complexity index is 471. The number of ether oxygens (including phenoxy) is 1. The minimum atomic E-state index is 0.0589. The molecule has 0 spiro atoms. The third-order valence-electron chi connectivity index (χ3n) is 3.70. The zero-order valence-corrected chi connectivity index (χ0v) is 12.2. The lowest BCUT2D eigenvalue weighted by atomic mass is 9.94. The van der Waals surface area contributed by atoms with Crippen LogP contribution in [0.1, 0.15) is 25.3 Å². The van der Waals surface area contributed by atoms with Crippen molar-refractivity contribution in [1.29, 1.82) is 0 Å². The van der Waals surface area contributed by atoms with Gasteiger partial charge in [-0.2, -0.15) is 0 Å². The Morgan fingerprint density at radius 3 is 2.75 bits per heavy atom. The third-order valence-corrected chi connectivity index (χ3v) is 3.70. The molecule has 0 saturated carbocycles. The van der Waals surface area contributed by atoms with Crippen molar-refractivity contribution in [3.05, 3.63) is 23.8 Å². The molecule has 0 unspecified atom stereocenters. The van der Waals surface area contributed by atoms with Crippen LogP contribution in [0.5, 0.6) is 5.75 Å². The number of piperidine rings is 1. The molecule has 5 heteroatoms. The van der Waals surface area contributed by atoms with Gasteiger partial charge in [-0.05, 0) is 18.9 Å². The van der Waals surface area contributed by atoms with Crippen molar-refractivity contribution < 1.29 is 9.53 Å².